The van der Waals surface area contributed by atoms with Gasteiger partial charge in [0.25, 0.3) is 0 Å². The van der Waals surface area contributed by atoms with Crippen molar-refractivity contribution in [2.45, 2.75) is 38.5 Å². The summed E-state index contributed by atoms with van der Waals surface area (Å²) in [6.07, 6.45) is 2.75. The molecule has 0 heterocycles. The molecule has 2 rings (SSSR count). The Labute approximate surface area is 178 Å². The van der Waals surface area contributed by atoms with Crippen molar-refractivity contribution in [3.63, 3.8) is 0 Å². The Kier molecular flexibility index (Phi) is 9.58. The highest BCUT2D eigenvalue weighted by molar-refractivity contribution is 5.92. The Morgan fingerprint density at radius 2 is 1.60 bits per heavy atom. The Balaban J connectivity index is 1.65. The molecule has 30 heavy (non-hydrogen) atoms. The standard InChI is InChI=1S/C24H30N2O4/c1-26(2)23(28)15-13-20-10-6-12-21(18-20)25-22(27)14-16-24(29)30-17-7-11-19-8-4-3-5-9-19/h3-6,8-10,12,18H,7,11,13-17H2,1-2H3,(H,25,27). The van der Waals surface area contributed by atoms with Crippen molar-refractivity contribution < 1.29 is 19.1 Å². The lowest BCUT2D eigenvalue weighted by atomic mass is 10.1. The van der Waals surface area contributed by atoms with Gasteiger partial charge < -0.3 is 15.0 Å². The minimum atomic E-state index is -0.367. The SMILES string of the molecule is CN(C)C(=O)CCc1cccc(NC(=O)CCC(=O)OCCCc2ccccc2)c1. The molecule has 6 nitrogen and oxygen atoms in total. The monoisotopic (exact) mass is 410 g/mol. The number of carbonyl (C=O) groups is 3. The summed E-state index contributed by atoms with van der Waals surface area (Å²) in [5.41, 5.74) is 2.84. The average Bonchev–Trinajstić information content (AvgIpc) is 2.74. The number of anilines is 1. The number of esters is 1. The molecule has 0 unspecified atom stereocenters. The summed E-state index contributed by atoms with van der Waals surface area (Å²) in [5.74, 6) is -0.543. The number of rotatable bonds is 11. The van der Waals surface area contributed by atoms with Crippen molar-refractivity contribution >= 4 is 23.5 Å². The number of hydrogen-bond acceptors (Lipinski definition) is 4. The zero-order valence-corrected chi connectivity index (χ0v) is 17.7. The summed E-state index contributed by atoms with van der Waals surface area (Å²) in [6.45, 7) is 0.350. The van der Waals surface area contributed by atoms with E-state index in [1.54, 1.807) is 25.1 Å². The number of amides is 2. The van der Waals surface area contributed by atoms with Gasteiger partial charge in [-0.3, -0.25) is 14.4 Å². The van der Waals surface area contributed by atoms with Crippen molar-refractivity contribution in [1.82, 2.24) is 4.90 Å². The topological polar surface area (TPSA) is 75.7 Å². The van der Waals surface area contributed by atoms with Crippen LogP contribution in [0, 0.1) is 0 Å². The second-order valence-corrected chi connectivity index (χ2v) is 7.35. The molecule has 0 saturated heterocycles. The highest BCUT2D eigenvalue weighted by Crippen LogP contribution is 2.13. The van der Waals surface area contributed by atoms with E-state index < -0.39 is 0 Å². The Bertz CT molecular complexity index is 834. The third-order valence-corrected chi connectivity index (χ3v) is 4.61. The zero-order valence-electron chi connectivity index (χ0n) is 17.7. The maximum absolute atomic E-state index is 12.1. The van der Waals surface area contributed by atoms with E-state index in [1.807, 2.05) is 48.5 Å². The number of benzene rings is 2. The van der Waals surface area contributed by atoms with E-state index in [2.05, 4.69) is 5.32 Å². The molecule has 0 aliphatic carbocycles. The largest absolute Gasteiger partial charge is 0.466 e. The molecule has 2 amide bonds. The number of hydrogen-bond donors (Lipinski definition) is 1. The van der Waals surface area contributed by atoms with Crippen molar-refractivity contribution in [3.8, 4) is 0 Å². The van der Waals surface area contributed by atoms with Gasteiger partial charge in [0, 0.05) is 32.6 Å². The molecule has 2 aromatic rings. The average molecular weight is 411 g/mol. The van der Waals surface area contributed by atoms with Gasteiger partial charge in [0.15, 0.2) is 0 Å². The summed E-state index contributed by atoms with van der Waals surface area (Å²) in [6, 6.07) is 17.4. The van der Waals surface area contributed by atoms with Crippen LogP contribution < -0.4 is 5.32 Å². The lowest BCUT2D eigenvalue weighted by molar-refractivity contribution is -0.144. The van der Waals surface area contributed by atoms with Crippen molar-refractivity contribution in [3.05, 3.63) is 65.7 Å². The predicted octanol–water partition coefficient (Wildman–Crippen LogP) is 3.60. The second-order valence-electron chi connectivity index (χ2n) is 7.35. The minimum Gasteiger partial charge on any atom is -0.466 e. The lowest BCUT2D eigenvalue weighted by Gasteiger charge is -2.11. The van der Waals surface area contributed by atoms with Crippen molar-refractivity contribution in [2.75, 3.05) is 26.0 Å². The third-order valence-electron chi connectivity index (χ3n) is 4.61. The molecule has 6 heteroatoms. The molecular weight excluding hydrogens is 380 g/mol. The van der Waals surface area contributed by atoms with Gasteiger partial charge in [-0.05, 0) is 42.5 Å². The first-order chi connectivity index (χ1) is 14.4. The number of aryl methyl sites for hydroxylation is 2. The molecule has 0 aromatic heterocycles. The van der Waals surface area contributed by atoms with E-state index in [0.29, 0.717) is 25.1 Å². The smallest absolute Gasteiger partial charge is 0.306 e. The number of nitrogens with zero attached hydrogens (tertiary/aromatic N) is 1. The Morgan fingerprint density at radius 1 is 0.867 bits per heavy atom. The lowest BCUT2D eigenvalue weighted by Crippen LogP contribution is -2.21. The summed E-state index contributed by atoms with van der Waals surface area (Å²) >= 11 is 0. The molecule has 0 saturated carbocycles. The fourth-order valence-corrected chi connectivity index (χ4v) is 2.90. The van der Waals surface area contributed by atoms with Crippen LogP contribution in [0.4, 0.5) is 5.69 Å². The van der Waals surface area contributed by atoms with E-state index in [-0.39, 0.29) is 30.6 Å². The van der Waals surface area contributed by atoms with Crippen LogP contribution in [-0.2, 0) is 32.0 Å². The molecular formula is C24H30N2O4. The molecule has 0 atom stereocenters. The van der Waals surface area contributed by atoms with Crippen LogP contribution >= 0.6 is 0 Å². The quantitative estimate of drug-likeness (QED) is 0.454. The van der Waals surface area contributed by atoms with Gasteiger partial charge in [-0.2, -0.15) is 0 Å². The van der Waals surface area contributed by atoms with Gasteiger partial charge in [0.05, 0.1) is 13.0 Å². The third kappa shape index (κ3) is 8.90. The highest BCUT2D eigenvalue weighted by Gasteiger charge is 2.09. The van der Waals surface area contributed by atoms with Gasteiger partial charge in [-0.25, -0.2) is 0 Å². The molecule has 160 valence electrons. The fourth-order valence-electron chi connectivity index (χ4n) is 2.90. The summed E-state index contributed by atoms with van der Waals surface area (Å²) in [4.78, 5) is 37.2. The van der Waals surface area contributed by atoms with Gasteiger partial charge in [0.1, 0.15) is 0 Å². The van der Waals surface area contributed by atoms with Crippen LogP contribution in [0.15, 0.2) is 54.6 Å². The first-order valence-corrected chi connectivity index (χ1v) is 10.2. The number of carbonyl (C=O) groups excluding carboxylic acids is 3. The van der Waals surface area contributed by atoms with E-state index in [0.717, 1.165) is 18.4 Å². The van der Waals surface area contributed by atoms with Gasteiger partial charge in [-0.1, -0.05) is 42.5 Å². The summed E-state index contributed by atoms with van der Waals surface area (Å²) < 4.78 is 5.20. The molecule has 0 spiro atoms. The Morgan fingerprint density at radius 3 is 2.33 bits per heavy atom. The molecule has 0 radical (unpaired) electrons. The molecule has 0 aliphatic heterocycles. The molecule has 1 N–H and O–H groups in total. The first-order valence-electron chi connectivity index (χ1n) is 10.2. The predicted molar refractivity (Wildman–Crippen MR) is 117 cm³/mol. The van der Waals surface area contributed by atoms with Crippen LogP contribution in [0.3, 0.4) is 0 Å². The Hall–Kier alpha value is -3.15. The van der Waals surface area contributed by atoms with E-state index in [9.17, 15) is 14.4 Å². The van der Waals surface area contributed by atoms with Gasteiger partial charge in [0.2, 0.25) is 11.8 Å². The normalized spacial score (nSPS) is 10.3. The van der Waals surface area contributed by atoms with Crippen LogP contribution in [0.2, 0.25) is 0 Å². The van der Waals surface area contributed by atoms with Crippen LogP contribution in [0.1, 0.15) is 36.8 Å². The van der Waals surface area contributed by atoms with Crippen LogP contribution in [-0.4, -0.2) is 43.4 Å². The number of nitrogens with one attached hydrogen (secondary N) is 1. The van der Waals surface area contributed by atoms with Crippen LogP contribution in [0.25, 0.3) is 0 Å². The van der Waals surface area contributed by atoms with Crippen molar-refractivity contribution in [2.24, 2.45) is 0 Å². The van der Waals surface area contributed by atoms with E-state index in [1.165, 1.54) is 5.56 Å². The zero-order chi connectivity index (χ0) is 21.8. The molecule has 2 aromatic carbocycles. The summed E-state index contributed by atoms with van der Waals surface area (Å²) in [5, 5.41) is 2.79. The maximum Gasteiger partial charge on any atom is 0.306 e. The first kappa shape index (κ1) is 23.1. The van der Waals surface area contributed by atoms with E-state index >= 15 is 0 Å². The minimum absolute atomic E-state index is 0.0498. The fraction of sp³-hybridized carbons (Fsp3) is 0.375. The number of ether oxygens (including phenoxy) is 1. The molecule has 0 bridgehead atoms. The highest BCUT2D eigenvalue weighted by atomic mass is 16.5. The van der Waals surface area contributed by atoms with E-state index in [4.69, 9.17) is 4.74 Å². The van der Waals surface area contributed by atoms with Gasteiger partial charge >= 0.3 is 5.97 Å². The van der Waals surface area contributed by atoms with Crippen molar-refractivity contribution in [1.29, 1.82) is 0 Å². The maximum atomic E-state index is 12.1. The van der Waals surface area contributed by atoms with Gasteiger partial charge in [-0.15, -0.1) is 0 Å². The molecule has 0 aliphatic rings. The summed E-state index contributed by atoms with van der Waals surface area (Å²) in [7, 11) is 3.46. The second kappa shape index (κ2) is 12.4. The molecule has 0 fully saturated rings. The van der Waals surface area contributed by atoms with Crippen LogP contribution in [0.5, 0.6) is 0 Å².